The molecular formula is C23H26ClF2N3O3S. The molecule has 0 spiro atoms. The quantitative estimate of drug-likeness (QED) is 0.661. The highest BCUT2D eigenvalue weighted by molar-refractivity contribution is 7.89. The van der Waals surface area contributed by atoms with Gasteiger partial charge < -0.3 is 10.2 Å². The fraction of sp³-hybridized carbons (Fsp3) is 0.435. The number of rotatable bonds is 6. The van der Waals surface area contributed by atoms with Crippen LogP contribution in [0.15, 0.2) is 47.4 Å². The second-order valence-electron chi connectivity index (χ2n) is 8.60. The molecule has 1 N–H and O–H groups in total. The van der Waals surface area contributed by atoms with Crippen LogP contribution in [0.25, 0.3) is 0 Å². The third-order valence-electron chi connectivity index (χ3n) is 6.33. The number of carbonyl (C=O) groups is 1. The molecule has 2 aliphatic heterocycles. The van der Waals surface area contributed by atoms with Crippen molar-refractivity contribution in [1.29, 1.82) is 0 Å². The van der Waals surface area contributed by atoms with Gasteiger partial charge in [-0.3, -0.25) is 4.79 Å². The van der Waals surface area contributed by atoms with Crippen molar-refractivity contribution in [2.45, 2.75) is 24.2 Å². The maximum absolute atomic E-state index is 13.5. The first kappa shape index (κ1) is 23.9. The number of carbonyl (C=O) groups excluding carboxylic acids is 1. The van der Waals surface area contributed by atoms with E-state index in [0.29, 0.717) is 49.7 Å². The van der Waals surface area contributed by atoms with Gasteiger partial charge in [0.25, 0.3) is 0 Å². The largest absolute Gasteiger partial charge is 0.371 e. The molecule has 2 fully saturated rings. The monoisotopic (exact) mass is 497 g/mol. The summed E-state index contributed by atoms with van der Waals surface area (Å²) in [6, 6.07) is 9.87. The SMILES string of the molecule is O=C(NCC1CCN(c2ccc(F)c(F)c2)C1)C1CCCN(S(=O)(=O)c2ccc(Cl)cc2)C1. The van der Waals surface area contributed by atoms with Crippen molar-refractivity contribution in [3.8, 4) is 0 Å². The van der Waals surface area contributed by atoms with Gasteiger partial charge in [-0.05, 0) is 61.6 Å². The highest BCUT2D eigenvalue weighted by Gasteiger charge is 2.34. The van der Waals surface area contributed by atoms with Crippen molar-refractivity contribution in [1.82, 2.24) is 9.62 Å². The van der Waals surface area contributed by atoms with Crippen LogP contribution in [0.5, 0.6) is 0 Å². The maximum Gasteiger partial charge on any atom is 0.243 e. The van der Waals surface area contributed by atoms with Crippen molar-refractivity contribution in [3.63, 3.8) is 0 Å². The highest BCUT2D eigenvalue weighted by atomic mass is 35.5. The average Bonchev–Trinajstić information content (AvgIpc) is 3.29. The number of hydrogen-bond acceptors (Lipinski definition) is 4. The van der Waals surface area contributed by atoms with Crippen LogP contribution in [0.3, 0.4) is 0 Å². The molecule has 2 saturated heterocycles. The minimum Gasteiger partial charge on any atom is -0.371 e. The predicted octanol–water partition coefficient (Wildman–Crippen LogP) is 3.66. The summed E-state index contributed by atoms with van der Waals surface area (Å²) in [4.78, 5) is 14.9. The molecule has 0 aromatic heterocycles. The van der Waals surface area contributed by atoms with Crippen molar-refractivity contribution in [3.05, 3.63) is 59.1 Å². The normalized spacial score (nSPS) is 21.8. The van der Waals surface area contributed by atoms with E-state index in [1.54, 1.807) is 6.07 Å². The number of anilines is 1. The summed E-state index contributed by atoms with van der Waals surface area (Å²) >= 11 is 5.86. The van der Waals surface area contributed by atoms with Crippen molar-refractivity contribution in [2.75, 3.05) is 37.6 Å². The van der Waals surface area contributed by atoms with Gasteiger partial charge in [-0.25, -0.2) is 17.2 Å². The summed E-state index contributed by atoms with van der Waals surface area (Å²) in [5.74, 6) is -2.14. The Morgan fingerprint density at radius 1 is 1.03 bits per heavy atom. The van der Waals surface area contributed by atoms with Crippen LogP contribution in [0.2, 0.25) is 5.02 Å². The van der Waals surface area contributed by atoms with E-state index < -0.39 is 27.6 Å². The smallest absolute Gasteiger partial charge is 0.243 e. The van der Waals surface area contributed by atoms with Crippen LogP contribution < -0.4 is 10.2 Å². The molecule has 2 aromatic carbocycles. The molecule has 0 radical (unpaired) electrons. The van der Waals surface area contributed by atoms with E-state index >= 15 is 0 Å². The molecule has 6 nitrogen and oxygen atoms in total. The molecule has 0 saturated carbocycles. The van der Waals surface area contributed by atoms with E-state index in [9.17, 15) is 22.0 Å². The second-order valence-corrected chi connectivity index (χ2v) is 11.0. The van der Waals surface area contributed by atoms with Crippen molar-refractivity contribution >= 4 is 33.2 Å². The average molecular weight is 498 g/mol. The molecule has 0 aliphatic carbocycles. The van der Waals surface area contributed by atoms with Crippen LogP contribution >= 0.6 is 11.6 Å². The number of halogens is 3. The zero-order chi connectivity index (χ0) is 23.6. The summed E-state index contributed by atoms with van der Waals surface area (Å²) < 4.78 is 54.0. The number of sulfonamides is 1. The molecule has 2 heterocycles. The molecule has 2 aliphatic rings. The Bertz CT molecular complexity index is 1110. The second kappa shape index (κ2) is 9.95. The first-order valence-corrected chi connectivity index (χ1v) is 12.8. The summed E-state index contributed by atoms with van der Waals surface area (Å²) in [5.41, 5.74) is 0.623. The zero-order valence-corrected chi connectivity index (χ0v) is 19.6. The first-order valence-electron chi connectivity index (χ1n) is 11.0. The molecule has 2 unspecified atom stereocenters. The molecule has 178 valence electrons. The van der Waals surface area contributed by atoms with Crippen LogP contribution in [-0.4, -0.2) is 51.4 Å². The molecule has 10 heteroatoms. The highest BCUT2D eigenvalue weighted by Crippen LogP contribution is 2.27. The Labute approximate surface area is 197 Å². The fourth-order valence-corrected chi connectivity index (χ4v) is 6.08. The van der Waals surface area contributed by atoms with E-state index in [1.807, 2.05) is 4.90 Å². The maximum atomic E-state index is 13.5. The predicted molar refractivity (Wildman–Crippen MR) is 123 cm³/mol. The van der Waals surface area contributed by atoms with Gasteiger partial charge in [0.1, 0.15) is 0 Å². The lowest BCUT2D eigenvalue weighted by molar-refractivity contribution is -0.126. The Balaban J connectivity index is 1.30. The van der Waals surface area contributed by atoms with Gasteiger partial charge in [-0.1, -0.05) is 11.6 Å². The van der Waals surface area contributed by atoms with E-state index in [4.69, 9.17) is 11.6 Å². The number of piperidine rings is 1. The van der Waals surface area contributed by atoms with Gasteiger partial charge in [0.15, 0.2) is 11.6 Å². The van der Waals surface area contributed by atoms with Crippen LogP contribution in [0.1, 0.15) is 19.3 Å². The van der Waals surface area contributed by atoms with Crippen molar-refractivity contribution < 1.29 is 22.0 Å². The van der Waals surface area contributed by atoms with Crippen LogP contribution in [0, 0.1) is 23.5 Å². The lowest BCUT2D eigenvalue weighted by Crippen LogP contribution is -2.46. The minimum absolute atomic E-state index is 0.141. The molecule has 0 bridgehead atoms. The molecular weight excluding hydrogens is 472 g/mol. The summed E-state index contributed by atoms with van der Waals surface area (Å²) in [6.07, 6.45) is 2.06. The van der Waals surface area contributed by atoms with Gasteiger partial charge in [-0.15, -0.1) is 0 Å². The lowest BCUT2D eigenvalue weighted by Gasteiger charge is -2.31. The number of amides is 1. The Hall–Kier alpha value is -2.23. The number of nitrogens with zero attached hydrogens (tertiary/aromatic N) is 2. The van der Waals surface area contributed by atoms with Gasteiger partial charge in [0.2, 0.25) is 15.9 Å². The van der Waals surface area contributed by atoms with Crippen LogP contribution in [0.4, 0.5) is 14.5 Å². The molecule has 33 heavy (non-hydrogen) atoms. The topological polar surface area (TPSA) is 69.7 Å². The van der Waals surface area contributed by atoms with Gasteiger partial charge in [-0.2, -0.15) is 4.31 Å². The Morgan fingerprint density at radius 2 is 1.79 bits per heavy atom. The molecule has 4 rings (SSSR count). The van der Waals surface area contributed by atoms with Gasteiger partial charge in [0.05, 0.1) is 10.8 Å². The van der Waals surface area contributed by atoms with Gasteiger partial charge >= 0.3 is 0 Å². The van der Waals surface area contributed by atoms with E-state index in [-0.39, 0.29) is 23.3 Å². The van der Waals surface area contributed by atoms with E-state index in [1.165, 1.54) is 34.6 Å². The Kier molecular flexibility index (Phi) is 7.21. The zero-order valence-electron chi connectivity index (χ0n) is 18.0. The third kappa shape index (κ3) is 5.47. The van der Waals surface area contributed by atoms with E-state index in [0.717, 1.165) is 12.5 Å². The first-order chi connectivity index (χ1) is 15.7. The Morgan fingerprint density at radius 3 is 2.52 bits per heavy atom. The van der Waals surface area contributed by atoms with Crippen molar-refractivity contribution in [2.24, 2.45) is 11.8 Å². The number of benzene rings is 2. The summed E-state index contributed by atoms with van der Waals surface area (Å²) in [6.45, 7) is 2.30. The molecule has 1 amide bonds. The fourth-order valence-electron chi connectivity index (χ4n) is 4.44. The standard InChI is InChI=1S/C23H26ClF2N3O3S/c24-18-3-6-20(7-4-18)33(31,32)29-10-1-2-17(15-29)23(30)27-13-16-9-11-28(14-16)19-5-8-21(25)22(26)12-19/h3-8,12,16-17H,1-2,9-11,13-15H2,(H,27,30). The number of nitrogens with one attached hydrogen (secondary N) is 1. The third-order valence-corrected chi connectivity index (χ3v) is 8.46. The minimum atomic E-state index is -3.69. The summed E-state index contributed by atoms with van der Waals surface area (Å²) in [5, 5.41) is 3.43. The number of hydrogen-bond donors (Lipinski definition) is 1. The van der Waals surface area contributed by atoms with E-state index in [2.05, 4.69) is 5.32 Å². The summed E-state index contributed by atoms with van der Waals surface area (Å²) in [7, 11) is -3.69. The lowest BCUT2D eigenvalue weighted by atomic mass is 9.98. The van der Waals surface area contributed by atoms with Crippen LogP contribution in [-0.2, 0) is 14.8 Å². The molecule has 2 atom stereocenters. The van der Waals surface area contributed by atoms with Gasteiger partial charge in [0, 0.05) is 49.5 Å². The molecule has 2 aromatic rings.